The van der Waals surface area contributed by atoms with E-state index in [9.17, 15) is 8.42 Å². The lowest BCUT2D eigenvalue weighted by atomic mass is 10.1. The van der Waals surface area contributed by atoms with Crippen LogP contribution in [-0.4, -0.2) is 15.5 Å². The summed E-state index contributed by atoms with van der Waals surface area (Å²) in [5.74, 6) is 0. The average Bonchev–Trinajstić information content (AvgIpc) is 2.80. The van der Waals surface area contributed by atoms with Crippen LogP contribution in [0.3, 0.4) is 0 Å². The number of nitrogens with one attached hydrogen (secondary N) is 2. The highest BCUT2D eigenvalue weighted by atomic mass is 32.2. The Bertz CT molecular complexity index is 726. The lowest BCUT2D eigenvalue weighted by Gasteiger charge is -2.14. The van der Waals surface area contributed by atoms with E-state index in [-0.39, 0.29) is 0 Å². The first-order valence-corrected chi connectivity index (χ1v) is 9.08. The van der Waals surface area contributed by atoms with Crippen molar-refractivity contribution in [3.8, 4) is 0 Å². The molecule has 0 bridgehead atoms. The highest BCUT2D eigenvalue weighted by Crippen LogP contribution is 2.24. The van der Waals surface area contributed by atoms with E-state index in [1.54, 1.807) is 11.3 Å². The molecule has 0 saturated carbocycles. The Kier molecular flexibility index (Phi) is 4.70. The van der Waals surface area contributed by atoms with Crippen molar-refractivity contribution in [3.05, 3.63) is 45.1 Å². The topological polar surface area (TPSA) is 58.2 Å². The molecule has 6 heteroatoms. The molecular weight excluding hydrogens is 304 g/mol. The number of rotatable bonds is 5. The summed E-state index contributed by atoms with van der Waals surface area (Å²) in [5, 5.41) is 7.02. The second-order valence-corrected chi connectivity index (χ2v) is 7.54. The number of sulfonamides is 1. The monoisotopic (exact) mass is 324 g/mol. The second-order valence-electron chi connectivity index (χ2n) is 5.09. The number of hydrogen-bond acceptors (Lipinski definition) is 4. The van der Waals surface area contributed by atoms with Crippen LogP contribution < -0.4 is 10.0 Å². The van der Waals surface area contributed by atoms with Crippen molar-refractivity contribution < 1.29 is 8.42 Å². The van der Waals surface area contributed by atoms with Gasteiger partial charge < -0.3 is 5.32 Å². The van der Waals surface area contributed by atoms with Gasteiger partial charge in [-0.1, -0.05) is 0 Å². The molecule has 0 fully saturated rings. The van der Waals surface area contributed by atoms with Crippen LogP contribution in [0.2, 0.25) is 0 Å². The molecule has 2 rings (SSSR count). The standard InChI is InChI=1S/C15H20N2O2S2/c1-10-5-14(16-4)6-11(2)15(10)21(18,19)17-7-13-9-20-8-12(13)3/h5-6,8-9,16-17H,7H2,1-4H3. The van der Waals surface area contributed by atoms with Crippen LogP contribution >= 0.6 is 11.3 Å². The van der Waals surface area contributed by atoms with Crippen molar-refractivity contribution in [2.75, 3.05) is 12.4 Å². The molecular formula is C15H20N2O2S2. The summed E-state index contributed by atoms with van der Waals surface area (Å²) in [6.45, 7) is 5.94. The summed E-state index contributed by atoms with van der Waals surface area (Å²) in [6, 6.07) is 3.69. The highest BCUT2D eigenvalue weighted by molar-refractivity contribution is 7.89. The lowest BCUT2D eigenvalue weighted by Crippen LogP contribution is -2.25. The van der Waals surface area contributed by atoms with Crippen molar-refractivity contribution >= 4 is 27.0 Å². The van der Waals surface area contributed by atoms with Crippen molar-refractivity contribution in [1.29, 1.82) is 0 Å². The van der Waals surface area contributed by atoms with Gasteiger partial charge in [-0.3, -0.25) is 0 Å². The lowest BCUT2D eigenvalue weighted by molar-refractivity contribution is 0.580. The normalized spacial score (nSPS) is 11.6. The number of anilines is 1. The van der Waals surface area contributed by atoms with E-state index in [4.69, 9.17) is 0 Å². The fourth-order valence-corrected chi connectivity index (χ4v) is 4.64. The van der Waals surface area contributed by atoms with Gasteiger partial charge in [-0.25, -0.2) is 13.1 Å². The minimum absolute atomic E-state index is 0.324. The number of aryl methyl sites for hydroxylation is 3. The fraction of sp³-hybridized carbons (Fsp3) is 0.333. The average molecular weight is 324 g/mol. The molecule has 21 heavy (non-hydrogen) atoms. The van der Waals surface area contributed by atoms with Crippen molar-refractivity contribution in [2.24, 2.45) is 0 Å². The molecule has 1 aromatic carbocycles. The van der Waals surface area contributed by atoms with Crippen LogP contribution in [0.1, 0.15) is 22.3 Å². The first kappa shape index (κ1) is 16.0. The van der Waals surface area contributed by atoms with Crippen LogP contribution in [0.5, 0.6) is 0 Å². The van der Waals surface area contributed by atoms with Gasteiger partial charge in [0.25, 0.3) is 0 Å². The van der Waals surface area contributed by atoms with E-state index in [2.05, 4.69) is 10.0 Å². The molecule has 1 heterocycles. The molecule has 0 unspecified atom stereocenters. The minimum atomic E-state index is -3.51. The zero-order valence-electron chi connectivity index (χ0n) is 12.6. The maximum atomic E-state index is 12.6. The maximum absolute atomic E-state index is 12.6. The Morgan fingerprint density at radius 1 is 1.05 bits per heavy atom. The zero-order valence-corrected chi connectivity index (χ0v) is 14.3. The van der Waals surface area contributed by atoms with E-state index in [0.717, 1.165) is 27.9 Å². The summed E-state index contributed by atoms with van der Waals surface area (Å²) >= 11 is 1.58. The van der Waals surface area contributed by atoms with Crippen LogP contribution in [-0.2, 0) is 16.6 Å². The molecule has 0 aliphatic carbocycles. The quantitative estimate of drug-likeness (QED) is 0.888. The summed E-state index contributed by atoms with van der Waals surface area (Å²) in [4.78, 5) is 0.370. The molecule has 0 spiro atoms. The third-order valence-electron chi connectivity index (χ3n) is 3.43. The molecule has 1 aromatic heterocycles. The molecule has 0 aliphatic rings. The van der Waals surface area contributed by atoms with Gasteiger partial charge in [0.2, 0.25) is 10.0 Å². The van der Waals surface area contributed by atoms with Gasteiger partial charge in [0.15, 0.2) is 0 Å². The van der Waals surface area contributed by atoms with Crippen molar-refractivity contribution in [2.45, 2.75) is 32.2 Å². The van der Waals surface area contributed by atoms with Gasteiger partial charge in [-0.05, 0) is 65.9 Å². The van der Waals surface area contributed by atoms with Gasteiger partial charge in [-0.15, -0.1) is 0 Å². The number of thiophene rings is 1. The molecule has 0 atom stereocenters. The SMILES string of the molecule is CNc1cc(C)c(S(=O)(=O)NCc2cscc2C)c(C)c1. The minimum Gasteiger partial charge on any atom is -0.388 e. The Morgan fingerprint density at radius 2 is 1.67 bits per heavy atom. The first-order valence-electron chi connectivity index (χ1n) is 6.65. The number of hydrogen-bond donors (Lipinski definition) is 2. The van der Waals surface area contributed by atoms with Gasteiger partial charge >= 0.3 is 0 Å². The third-order valence-corrected chi connectivity index (χ3v) is 6.05. The zero-order chi connectivity index (χ0) is 15.6. The van der Waals surface area contributed by atoms with E-state index < -0.39 is 10.0 Å². The van der Waals surface area contributed by atoms with Crippen LogP contribution in [0, 0.1) is 20.8 Å². The molecule has 0 aliphatic heterocycles. The molecule has 0 amide bonds. The van der Waals surface area contributed by atoms with Crippen LogP contribution in [0.15, 0.2) is 27.8 Å². The van der Waals surface area contributed by atoms with Gasteiger partial charge in [-0.2, -0.15) is 11.3 Å². The van der Waals surface area contributed by atoms with E-state index in [1.807, 2.05) is 50.7 Å². The Morgan fingerprint density at radius 3 is 2.14 bits per heavy atom. The Hall–Kier alpha value is -1.37. The predicted molar refractivity (Wildman–Crippen MR) is 88.5 cm³/mol. The molecule has 2 aromatic rings. The molecule has 4 nitrogen and oxygen atoms in total. The Balaban J connectivity index is 2.30. The molecule has 2 N–H and O–H groups in total. The summed E-state index contributed by atoms with van der Waals surface area (Å²) in [7, 11) is -1.69. The summed E-state index contributed by atoms with van der Waals surface area (Å²) in [6.07, 6.45) is 0. The fourth-order valence-electron chi connectivity index (χ4n) is 2.33. The molecule has 114 valence electrons. The predicted octanol–water partition coefficient (Wildman–Crippen LogP) is 3.19. The highest BCUT2D eigenvalue weighted by Gasteiger charge is 2.20. The molecule has 0 radical (unpaired) electrons. The van der Waals surface area contributed by atoms with E-state index >= 15 is 0 Å². The molecule has 0 saturated heterocycles. The van der Waals surface area contributed by atoms with Gasteiger partial charge in [0.1, 0.15) is 0 Å². The van der Waals surface area contributed by atoms with Gasteiger partial charge in [0, 0.05) is 19.3 Å². The smallest absolute Gasteiger partial charge is 0.241 e. The van der Waals surface area contributed by atoms with Gasteiger partial charge in [0.05, 0.1) is 4.90 Å². The van der Waals surface area contributed by atoms with E-state index in [0.29, 0.717) is 11.4 Å². The van der Waals surface area contributed by atoms with Crippen LogP contribution in [0.25, 0.3) is 0 Å². The van der Waals surface area contributed by atoms with Crippen molar-refractivity contribution in [3.63, 3.8) is 0 Å². The second kappa shape index (κ2) is 6.17. The summed E-state index contributed by atoms with van der Waals surface area (Å²) < 4.78 is 27.8. The Labute approximate surface area is 130 Å². The third kappa shape index (κ3) is 3.45. The van der Waals surface area contributed by atoms with Crippen LogP contribution in [0.4, 0.5) is 5.69 Å². The van der Waals surface area contributed by atoms with E-state index in [1.165, 1.54) is 0 Å². The largest absolute Gasteiger partial charge is 0.388 e. The number of benzene rings is 1. The van der Waals surface area contributed by atoms with Crippen molar-refractivity contribution in [1.82, 2.24) is 4.72 Å². The maximum Gasteiger partial charge on any atom is 0.241 e. The first-order chi connectivity index (χ1) is 9.85. The summed E-state index contributed by atoms with van der Waals surface area (Å²) in [5.41, 5.74) is 4.54.